The first-order chi connectivity index (χ1) is 9.08. The minimum absolute atomic E-state index is 0.245. The van der Waals surface area contributed by atoms with Crippen LogP contribution in [0.5, 0.6) is 0 Å². The number of aromatic nitrogens is 1. The van der Waals surface area contributed by atoms with E-state index in [2.05, 4.69) is 9.72 Å². The summed E-state index contributed by atoms with van der Waals surface area (Å²) in [6.07, 6.45) is 1.30. The molecule has 6 nitrogen and oxygen atoms in total. The van der Waals surface area contributed by atoms with E-state index in [0.717, 1.165) is 0 Å². The van der Waals surface area contributed by atoms with Gasteiger partial charge >= 0.3 is 13.1 Å². The van der Waals surface area contributed by atoms with E-state index in [4.69, 9.17) is 4.65 Å². The van der Waals surface area contributed by atoms with Crippen LogP contribution in [0.2, 0.25) is 0 Å². The highest BCUT2D eigenvalue weighted by Crippen LogP contribution is 2.25. The van der Waals surface area contributed by atoms with Crippen molar-refractivity contribution in [3.05, 3.63) is 23.9 Å². The van der Waals surface area contributed by atoms with E-state index in [0.29, 0.717) is 0 Å². The van der Waals surface area contributed by atoms with Gasteiger partial charge in [-0.15, -0.1) is 0 Å². The summed E-state index contributed by atoms with van der Waals surface area (Å²) in [4.78, 5) is 15.2. The maximum atomic E-state index is 11.3. The van der Waals surface area contributed by atoms with Gasteiger partial charge in [-0.2, -0.15) is 0 Å². The number of aliphatic hydroxyl groups is 1. The van der Waals surface area contributed by atoms with Crippen molar-refractivity contribution in [1.82, 2.24) is 4.98 Å². The van der Waals surface area contributed by atoms with Crippen LogP contribution in [0.1, 0.15) is 38.1 Å². The molecule has 1 heterocycles. The Hall–Kier alpha value is -1.44. The Morgan fingerprint density at radius 2 is 1.90 bits per heavy atom. The topological polar surface area (TPSA) is 88.9 Å². The van der Waals surface area contributed by atoms with Crippen molar-refractivity contribution in [2.75, 3.05) is 7.11 Å². The molecule has 0 atom stereocenters. The molecule has 20 heavy (non-hydrogen) atoms. The van der Waals surface area contributed by atoms with Crippen LogP contribution in [0.4, 0.5) is 0 Å². The number of hydrogen-bond acceptors (Lipinski definition) is 6. The second-order valence-corrected chi connectivity index (χ2v) is 5.50. The summed E-state index contributed by atoms with van der Waals surface area (Å²) in [6, 6.07) is 2.95. The van der Waals surface area contributed by atoms with E-state index in [1.165, 1.54) is 25.4 Å². The van der Waals surface area contributed by atoms with Crippen LogP contribution < -0.4 is 5.59 Å². The zero-order valence-electron chi connectivity index (χ0n) is 12.4. The van der Waals surface area contributed by atoms with E-state index in [1.807, 2.05) is 0 Å². The van der Waals surface area contributed by atoms with Gasteiger partial charge in [-0.05, 0) is 39.8 Å². The molecule has 0 aliphatic heterocycles. The Bertz CT molecular complexity index is 467. The van der Waals surface area contributed by atoms with Crippen LogP contribution in [-0.2, 0) is 9.39 Å². The molecule has 0 spiro atoms. The number of hydrogen-bond donors (Lipinski definition) is 2. The van der Waals surface area contributed by atoms with E-state index < -0.39 is 24.3 Å². The van der Waals surface area contributed by atoms with E-state index in [-0.39, 0.29) is 11.2 Å². The van der Waals surface area contributed by atoms with E-state index in [1.54, 1.807) is 27.7 Å². The summed E-state index contributed by atoms with van der Waals surface area (Å²) >= 11 is 0. The van der Waals surface area contributed by atoms with Crippen molar-refractivity contribution >= 4 is 18.7 Å². The number of rotatable bonds is 5. The minimum Gasteiger partial charge on any atom is -0.465 e. The predicted octanol–water partition coefficient (Wildman–Crippen LogP) is 0.122. The lowest BCUT2D eigenvalue weighted by molar-refractivity contribution is -0.0983. The Morgan fingerprint density at radius 3 is 2.30 bits per heavy atom. The Balaban J connectivity index is 2.83. The molecule has 0 bridgehead atoms. The molecular formula is C13H20BNO5. The number of carbonyl (C=O) groups is 1. The van der Waals surface area contributed by atoms with Crippen LogP contribution in [0.25, 0.3) is 0 Å². The van der Waals surface area contributed by atoms with E-state index in [9.17, 15) is 14.9 Å². The highest BCUT2D eigenvalue weighted by atomic mass is 16.5. The molecule has 0 fully saturated rings. The van der Waals surface area contributed by atoms with Crippen LogP contribution in [0.15, 0.2) is 18.3 Å². The zero-order chi connectivity index (χ0) is 15.6. The van der Waals surface area contributed by atoms with Gasteiger partial charge in [0.25, 0.3) is 0 Å². The van der Waals surface area contributed by atoms with Gasteiger partial charge in [0.15, 0.2) is 0 Å². The van der Waals surface area contributed by atoms with E-state index >= 15 is 0 Å². The van der Waals surface area contributed by atoms with Gasteiger partial charge in [-0.1, -0.05) is 0 Å². The molecule has 0 unspecified atom stereocenters. The zero-order valence-corrected chi connectivity index (χ0v) is 12.4. The average molecular weight is 281 g/mol. The highest BCUT2D eigenvalue weighted by molar-refractivity contribution is 6.59. The lowest BCUT2D eigenvalue weighted by atomic mass is 9.80. The number of ether oxygens (including phenoxy) is 1. The summed E-state index contributed by atoms with van der Waals surface area (Å²) < 4.78 is 10.00. The molecule has 0 amide bonds. The van der Waals surface area contributed by atoms with Gasteiger partial charge in [-0.25, -0.2) is 4.79 Å². The Morgan fingerprint density at radius 1 is 1.30 bits per heavy atom. The molecular weight excluding hydrogens is 261 g/mol. The lowest BCUT2D eigenvalue weighted by Crippen LogP contribution is -2.53. The van der Waals surface area contributed by atoms with Crippen LogP contribution >= 0.6 is 0 Å². The molecule has 0 saturated heterocycles. The van der Waals surface area contributed by atoms with Gasteiger partial charge in [0, 0.05) is 6.20 Å². The number of esters is 1. The highest BCUT2D eigenvalue weighted by Gasteiger charge is 2.39. The molecule has 0 radical (unpaired) electrons. The quantitative estimate of drug-likeness (QED) is 0.588. The molecule has 0 saturated carbocycles. The van der Waals surface area contributed by atoms with Gasteiger partial charge in [0.1, 0.15) is 0 Å². The summed E-state index contributed by atoms with van der Waals surface area (Å²) in [7, 11) is -0.0248. The van der Waals surface area contributed by atoms with Crippen molar-refractivity contribution in [3.8, 4) is 0 Å². The summed E-state index contributed by atoms with van der Waals surface area (Å²) in [5.41, 5.74) is -1.59. The summed E-state index contributed by atoms with van der Waals surface area (Å²) in [5, 5.41) is 20.0. The second kappa shape index (κ2) is 5.91. The van der Waals surface area contributed by atoms with Crippen molar-refractivity contribution < 1.29 is 24.3 Å². The number of carbonyl (C=O) groups excluding carboxylic acids is 1. The molecule has 0 aliphatic rings. The fourth-order valence-electron chi connectivity index (χ4n) is 1.27. The SMILES string of the molecule is COC(=O)c1ccc(B(O)OC(C)(C)C(C)(C)O)nc1. The smallest absolute Gasteiger partial charge is 0.465 e. The monoisotopic (exact) mass is 281 g/mol. The molecule has 2 N–H and O–H groups in total. The molecule has 110 valence electrons. The third-order valence-corrected chi connectivity index (χ3v) is 3.34. The van der Waals surface area contributed by atoms with Gasteiger partial charge in [0.2, 0.25) is 0 Å². The number of pyridine rings is 1. The van der Waals surface area contributed by atoms with Crippen molar-refractivity contribution in [3.63, 3.8) is 0 Å². The maximum absolute atomic E-state index is 11.3. The van der Waals surface area contributed by atoms with Crippen molar-refractivity contribution in [2.24, 2.45) is 0 Å². The first kappa shape index (κ1) is 16.6. The summed E-state index contributed by atoms with van der Waals surface area (Å²) in [5.74, 6) is -0.503. The fourth-order valence-corrected chi connectivity index (χ4v) is 1.27. The minimum atomic E-state index is -1.30. The molecule has 0 aromatic carbocycles. The number of nitrogens with zero attached hydrogens (tertiary/aromatic N) is 1. The maximum Gasteiger partial charge on any atom is 0.511 e. The average Bonchev–Trinajstić information content (AvgIpc) is 2.36. The second-order valence-electron chi connectivity index (χ2n) is 5.50. The van der Waals surface area contributed by atoms with Crippen molar-refractivity contribution in [1.29, 1.82) is 0 Å². The normalized spacial score (nSPS) is 12.2. The largest absolute Gasteiger partial charge is 0.511 e. The standard InChI is InChI=1S/C13H20BNO5/c1-12(2,17)13(3,4)20-14(18)10-7-6-9(8-15-10)11(16)19-5/h6-8,17-18H,1-5H3. The molecule has 1 aromatic rings. The van der Waals surface area contributed by atoms with Gasteiger partial charge in [0.05, 0.1) is 29.5 Å². The third-order valence-electron chi connectivity index (χ3n) is 3.34. The Kier molecular flexibility index (Phi) is 4.91. The van der Waals surface area contributed by atoms with Crippen LogP contribution in [0.3, 0.4) is 0 Å². The molecule has 7 heteroatoms. The third kappa shape index (κ3) is 3.78. The fraction of sp³-hybridized carbons (Fsp3) is 0.538. The molecule has 1 rings (SSSR count). The first-order valence-corrected chi connectivity index (χ1v) is 6.21. The molecule has 0 aliphatic carbocycles. The summed E-state index contributed by atoms with van der Waals surface area (Å²) in [6.45, 7) is 6.51. The molecule has 1 aromatic heterocycles. The van der Waals surface area contributed by atoms with Gasteiger partial charge in [-0.3, -0.25) is 4.98 Å². The number of methoxy groups -OCH3 is 1. The van der Waals surface area contributed by atoms with Gasteiger partial charge < -0.3 is 19.5 Å². The van der Waals surface area contributed by atoms with Crippen LogP contribution in [0, 0.1) is 0 Å². The predicted molar refractivity (Wildman–Crippen MR) is 74.6 cm³/mol. The first-order valence-electron chi connectivity index (χ1n) is 6.21. The van der Waals surface area contributed by atoms with Crippen LogP contribution in [-0.4, -0.2) is 46.5 Å². The Labute approximate surface area is 118 Å². The lowest BCUT2D eigenvalue weighted by Gasteiger charge is -2.38. The van der Waals surface area contributed by atoms with Crippen molar-refractivity contribution in [2.45, 2.75) is 38.9 Å².